The van der Waals surface area contributed by atoms with Crippen molar-refractivity contribution >= 4 is 5.91 Å². The predicted molar refractivity (Wildman–Crippen MR) is 87.3 cm³/mol. The molecule has 0 bridgehead atoms. The van der Waals surface area contributed by atoms with Crippen LogP contribution in [0.5, 0.6) is 0 Å². The first-order valence-electron chi connectivity index (χ1n) is 7.95. The Morgan fingerprint density at radius 2 is 2.11 bits per heavy atom. The molecule has 2 aromatic rings. The molecule has 1 aliphatic heterocycles. The van der Waals surface area contributed by atoms with Gasteiger partial charge in [0.05, 0.1) is 18.4 Å². The molecule has 1 amide bonds. The molecule has 0 aromatic carbocycles. The molecule has 0 saturated carbocycles. The van der Waals surface area contributed by atoms with E-state index in [0.717, 1.165) is 10.9 Å². The highest BCUT2D eigenvalue weighted by atomic mass is 16.5. The lowest BCUT2D eigenvalue weighted by atomic mass is 9.96. The van der Waals surface area contributed by atoms with Gasteiger partial charge in [0, 0.05) is 13.1 Å². The Morgan fingerprint density at radius 1 is 1.37 bits per heavy atom. The van der Waals surface area contributed by atoms with Gasteiger partial charge >= 0.3 is 5.69 Å². The minimum atomic E-state index is -1.45. The average Bonchev–Trinajstić information content (AvgIpc) is 3.08. The van der Waals surface area contributed by atoms with Crippen LogP contribution in [0.2, 0.25) is 0 Å². The Balaban J connectivity index is 1.97. The van der Waals surface area contributed by atoms with Crippen LogP contribution < -0.4 is 16.6 Å². The topological polar surface area (TPSA) is 195 Å². The number of nitrogens with zero attached hydrogens (tertiary/aromatic N) is 3. The standard InChI is InChI=1S/C14H18N6O7/c1-5(22)16-9-11(24)10(23)8(4-21)27-13(9)20-3-7(18-19-20)6-2-15-14(26)17-12(6)25/h2-3,8-11,13,21,23-24H,4H2,1H3,(H,16,22)(H2,15,17,25,26)/t8-,9-,10-,11-,13-/m1/s1. The number of amides is 1. The SMILES string of the molecule is CC(=O)N[C@@H]1[C@@H](O)[C@H](O)[C@@H](CO)O[C@H]1n1cc(-c2c[nH]c(=O)[nH]c2=O)nn1. The van der Waals surface area contributed by atoms with Crippen LogP contribution in [0.3, 0.4) is 0 Å². The summed E-state index contributed by atoms with van der Waals surface area (Å²) in [5.41, 5.74) is -1.23. The zero-order chi connectivity index (χ0) is 19.7. The lowest BCUT2D eigenvalue weighted by Crippen LogP contribution is -2.62. The van der Waals surface area contributed by atoms with Crippen LogP contribution in [0.15, 0.2) is 22.0 Å². The van der Waals surface area contributed by atoms with Gasteiger partial charge in [-0.15, -0.1) is 5.10 Å². The third-order valence-electron chi connectivity index (χ3n) is 4.14. The molecule has 0 unspecified atom stereocenters. The van der Waals surface area contributed by atoms with Crippen molar-refractivity contribution in [3.05, 3.63) is 33.2 Å². The molecule has 3 heterocycles. The number of aliphatic hydroxyl groups excluding tert-OH is 3. The summed E-state index contributed by atoms with van der Waals surface area (Å²) in [5.74, 6) is -0.486. The molecule has 6 N–H and O–H groups in total. The van der Waals surface area contributed by atoms with Crippen LogP contribution in [-0.4, -0.2) is 77.1 Å². The van der Waals surface area contributed by atoms with Gasteiger partial charge in [-0.3, -0.25) is 14.6 Å². The highest BCUT2D eigenvalue weighted by Gasteiger charge is 2.46. The number of aliphatic hydroxyl groups is 3. The van der Waals surface area contributed by atoms with E-state index in [1.54, 1.807) is 0 Å². The lowest BCUT2D eigenvalue weighted by Gasteiger charge is -2.42. The summed E-state index contributed by atoms with van der Waals surface area (Å²) >= 11 is 0. The van der Waals surface area contributed by atoms with Gasteiger partial charge in [0.2, 0.25) is 5.91 Å². The average molecular weight is 382 g/mol. The molecule has 27 heavy (non-hydrogen) atoms. The Labute approximate surface area is 150 Å². The van der Waals surface area contributed by atoms with E-state index < -0.39 is 54.3 Å². The first kappa shape index (κ1) is 18.9. The van der Waals surface area contributed by atoms with E-state index in [4.69, 9.17) is 4.74 Å². The normalized spacial score (nSPS) is 28.1. The van der Waals surface area contributed by atoms with Crippen LogP contribution in [0.4, 0.5) is 0 Å². The molecule has 0 radical (unpaired) electrons. The third kappa shape index (κ3) is 3.66. The second-order valence-corrected chi connectivity index (χ2v) is 6.02. The van der Waals surface area contributed by atoms with E-state index in [0.29, 0.717) is 0 Å². The Bertz CT molecular complexity index is 936. The molecule has 146 valence electrons. The van der Waals surface area contributed by atoms with E-state index >= 15 is 0 Å². The summed E-state index contributed by atoms with van der Waals surface area (Å²) in [6.45, 7) is 0.642. The van der Waals surface area contributed by atoms with Crippen LogP contribution >= 0.6 is 0 Å². The Kier molecular flexibility index (Phi) is 5.18. The molecular weight excluding hydrogens is 364 g/mol. The highest BCUT2D eigenvalue weighted by Crippen LogP contribution is 2.28. The molecule has 0 aliphatic carbocycles. The molecule has 13 nitrogen and oxygen atoms in total. The number of hydrogen-bond acceptors (Lipinski definition) is 9. The van der Waals surface area contributed by atoms with Gasteiger partial charge in [-0.05, 0) is 0 Å². The first-order valence-corrected chi connectivity index (χ1v) is 7.95. The largest absolute Gasteiger partial charge is 0.394 e. The summed E-state index contributed by atoms with van der Waals surface area (Å²) in [5, 5.41) is 39.8. The fraction of sp³-hybridized carbons (Fsp3) is 0.500. The Hall–Kier alpha value is -2.87. The monoisotopic (exact) mass is 382 g/mol. The fourth-order valence-electron chi connectivity index (χ4n) is 2.84. The van der Waals surface area contributed by atoms with Crippen molar-refractivity contribution in [1.29, 1.82) is 0 Å². The quantitative estimate of drug-likeness (QED) is 0.310. The maximum absolute atomic E-state index is 11.9. The van der Waals surface area contributed by atoms with Crippen molar-refractivity contribution in [3.63, 3.8) is 0 Å². The minimum absolute atomic E-state index is 0.0343. The lowest BCUT2D eigenvalue weighted by molar-refractivity contribution is -0.219. The van der Waals surface area contributed by atoms with Crippen molar-refractivity contribution in [2.45, 2.75) is 37.5 Å². The van der Waals surface area contributed by atoms with Crippen molar-refractivity contribution in [3.8, 4) is 11.3 Å². The van der Waals surface area contributed by atoms with Crippen LogP contribution in [0, 0.1) is 0 Å². The van der Waals surface area contributed by atoms with Gasteiger partial charge < -0.3 is 30.4 Å². The number of carbonyl (C=O) groups is 1. The summed E-state index contributed by atoms with van der Waals surface area (Å²) in [6, 6.07) is -1.09. The highest BCUT2D eigenvalue weighted by molar-refractivity contribution is 5.73. The fourth-order valence-corrected chi connectivity index (χ4v) is 2.84. The van der Waals surface area contributed by atoms with E-state index in [9.17, 15) is 29.7 Å². The zero-order valence-corrected chi connectivity index (χ0v) is 14.1. The van der Waals surface area contributed by atoms with Crippen LogP contribution in [0.25, 0.3) is 11.3 Å². The van der Waals surface area contributed by atoms with Gasteiger partial charge in [0.1, 0.15) is 30.0 Å². The number of hydrogen-bond donors (Lipinski definition) is 6. The summed E-state index contributed by atoms with van der Waals surface area (Å²) in [6.07, 6.45) is -2.66. The molecule has 2 aromatic heterocycles. The van der Waals surface area contributed by atoms with Crippen LogP contribution in [-0.2, 0) is 9.53 Å². The molecule has 5 atom stereocenters. The second kappa shape index (κ2) is 7.40. The number of rotatable bonds is 4. The first-order chi connectivity index (χ1) is 12.8. The predicted octanol–water partition coefficient (Wildman–Crippen LogP) is -3.56. The second-order valence-electron chi connectivity index (χ2n) is 6.02. The summed E-state index contributed by atoms with van der Waals surface area (Å²) in [4.78, 5) is 38.8. The van der Waals surface area contributed by atoms with Gasteiger partial charge in [-0.2, -0.15) is 0 Å². The number of aromatic nitrogens is 5. The maximum atomic E-state index is 11.9. The molecule has 1 fully saturated rings. The molecular formula is C14H18N6O7. The van der Waals surface area contributed by atoms with E-state index in [1.165, 1.54) is 13.1 Å². The smallest absolute Gasteiger partial charge is 0.325 e. The number of ether oxygens (including phenoxy) is 1. The van der Waals surface area contributed by atoms with Gasteiger partial charge in [-0.25, -0.2) is 9.48 Å². The molecule has 0 spiro atoms. The van der Waals surface area contributed by atoms with Gasteiger partial charge in [0.25, 0.3) is 5.56 Å². The summed E-state index contributed by atoms with van der Waals surface area (Å²) < 4.78 is 6.70. The molecule has 1 saturated heterocycles. The van der Waals surface area contributed by atoms with E-state index in [-0.39, 0.29) is 11.3 Å². The van der Waals surface area contributed by atoms with Crippen molar-refractivity contribution in [1.82, 2.24) is 30.3 Å². The van der Waals surface area contributed by atoms with Gasteiger partial charge in [-0.1, -0.05) is 5.21 Å². The summed E-state index contributed by atoms with van der Waals surface area (Å²) in [7, 11) is 0. The number of H-pyrrole nitrogens is 2. The molecule has 1 aliphatic rings. The molecule has 3 rings (SSSR count). The number of nitrogens with one attached hydrogen (secondary N) is 3. The Morgan fingerprint density at radius 3 is 2.74 bits per heavy atom. The molecule has 13 heteroatoms. The third-order valence-corrected chi connectivity index (χ3v) is 4.14. The van der Waals surface area contributed by atoms with Crippen LogP contribution in [0.1, 0.15) is 13.2 Å². The minimum Gasteiger partial charge on any atom is -0.394 e. The van der Waals surface area contributed by atoms with E-state index in [2.05, 4.69) is 25.6 Å². The van der Waals surface area contributed by atoms with Crippen molar-refractivity contribution < 1.29 is 24.9 Å². The zero-order valence-electron chi connectivity index (χ0n) is 14.1. The number of carbonyl (C=O) groups excluding carboxylic acids is 1. The van der Waals surface area contributed by atoms with Crippen molar-refractivity contribution in [2.24, 2.45) is 0 Å². The van der Waals surface area contributed by atoms with Crippen molar-refractivity contribution in [2.75, 3.05) is 6.61 Å². The van der Waals surface area contributed by atoms with E-state index in [1.807, 2.05) is 0 Å². The van der Waals surface area contributed by atoms with Gasteiger partial charge in [0.15, 0.2) is 6.23 Å². The number of aromatic amines is 2. The maximum Gasteiger partial charge on any atom is 0.325 e.